The Kier molecular flexibility index (Phi) is 10.0. The van der Waals surface area contributed by atoms with Crippen LogP contribution in [0.25, 0.3) is 0 Å². The van der Waals surface area contributed by atoms with Crippen molar-refractivity contribution in [1.29, 1.82) is 0 Å². The molecule has 0 aliphatic heterocycles. The van der Waals surface area contributed by atoms with E-state index in [2.05, 4.69) is 33.0 Å². The zero-order valence-corrected chi connectivity index (χ0v) is 11.6. The molecule has 2 nitrogen and oxygen atoms in total. The van der Waals surface area contributed by atoms with E-state index in [1.54, 1.807) is 0 Å². The molecule has 2 N–H and O–H groups in total. The second kappa shape index (κ2) is 10.1. The number of aliphatic hydroxyl groups excluding tert-OH is 1. The lowest BCUT2D eigenvalue weighted by atomic mass is 9.96. The van der Waals surface area contributed by atoms with Crippen LogP contribution in [-0.2, 0) is 0 Å². The van der Waals surface area contributed by atoms with Crippen LogP contribution in [0.5, 0.6) is 0 Å². The van der Waals surface area contributed by atoms with Gasteiger partial charge in [-0.15, -0.1) is 0 Å². The van der Waals surface area contributed by atoms with Crippen LogP contribution in [0, 0.1) is 5.92 Å². The summed E-state index contributed by atoms with van der Waals surface area (Å²) in [5.74, 6) is 0.455. The fourth-order valence-corrected chi connectivity index (χ4v) is 2.19. The van der Waals surface area contributed by atoms with Crippen molar-refractivity contribution in [1.82, 2.24) is 5.32 Å². The molecule has 2 heteroatoms. The van der Waals surface area contributed by atoms with Crippen molar-refractivity contribution in [3.8, 4) is 0 Å². The number of unbranched alkanes of at least 4 members (excludes halogenated alkanes) is 1. The normalized spacial score (nSPS) is 15.4. The quantitative estimate of drug-likeness (QED) is 0.602. The topological polar surface area (TPSA) is 32.3 Å². The van der Waals surface area contributed by atoms with E-state index >= 15 is 0 Å². The molecule has 2 atom stereocenters. The third-order valence-corrected chi connectivity index (χ3v) is 3.61. The van der Waals surface area contributed by atoms with Crippen molar-refractivity contribution in [2.45, 2.75) is 78.4 Å². The van der Waals surface area contributed by atoms with Crippen LogP contribution in [0.15, 0.2) is 0 Å². The number of hydrogen-bond acceptors (Lipinski definition) is 2. The van der Waals surface area contributed by atoms with Crippen LogP contribution in [0.2, 0.25) is 0 Å². The number of rotatable bonds is 10. The molecular formula is C14H31NO. The predicted octanol–water partition coefficient (Wildman–Crippen LogP) is 3.34. The Morgan fingerprint density at radius 3 is 2.06 bits per heavy atom. The fourth-order valence-electron chi connectivity index (χ4n) is 2.19. The van der Waals surface area contributed by atoms with E-state index in [1.165, 1.54) is 19.3 Å². The Morgan fingerprint density at radius 1 is 1.00 bits per heavy atom. The third-order valence-electron chi connectivity index (χ3n) is 3.61. The van der Waals surface area contributed by atoms with E-state index in [0.717, 1.165) is 25.8 Å². The molecule has 98 valence electrons. The number of aliphatic hydroxyl groups is 1. The monoisotopic (exact) mass is 229 g/mol. The molecule has 0 radical (unpaired) electrons. The van der Waals surface area contributed by atoms with E-state index in [0.29, 0.717) is 12.0 Å². The van der Waals surface area contributed by atoms with Crippen molar-refractivity contribution in [3.63, 3.8) is 0 Å². The highest BCUT2D eigenvalue weighted by atomic mass is 16.3. The fraction of sp³-hybridized carbons (Fsp3) is 1.00. The van der Waals surface area contributed by atoms with Gasteiger partial charge in [0, 0.05) is 12.6 Å². The molecule has 0 rings (SSSR count). The van der Waals surface area contributed by atoms with Crippen molar-refractivity contribution in [2.75, 3.05) is 6.54 Å². The first-order chi connectivity index (χ1) is 7.69. The Bertz CT molecular complexity index is 146. The van der Waals surface area contributed by atoms with Gasteiger partial charge in [-0.25, -0.2) is 0 Å². The molecule has 0 aliphatic carbocycles. The summed E-state index contributed by atoms with van der Waals surface area (Å²) in [6, 6.07) is 0.587. The first-order valence-electron chi connectivity index (χ1n) is 7.10. The van der Waals surface area contributed by atoms with Gasteiger partial charge in [-0.2, -0.15) is 0 Å². The Balaban J connectivity index is 3.81. The third kappa shape index (κ3) is 6.49. The maximum Gasteiger partial charge on any atom is 0.0692 e. The Hall–Kier alpha value is -0.0800. The summed E-state index contributed by atoms with van der Waals surface area (Å²) in [5, 5.41) is 13.5. The Labute approximate surface area is 102 Å². The van der Waals surface area contributed by atoms with Crippen LogP contribution in [0.1, 0.15) is 66.2 Å². The minimum Gasteiger partial charge on any atom is -0.392 e. The zero-order valence-electron chi connectivity index (χ0n) is 11.6. The summed E-state index contributed by atoms with van der Waals surface area (Å²) in [5.41, 5.74) is 0. The Morgan fingerprint density at radius 2 is 1.62 bits per heavy atom. The van der Waals surface area contributed by atoms with Gasteiger partial charge in [0.1, 0.15) is 0 Å². The summed E-state index contributed by atoms with van der Waals surface area (Å²) in [4.78, 5) is 0. The smallest absolute Gasteiger partial charge is 0.0692 e. The lowest BCUT2D eigenvalue weighted by Gasteiger charge is -2.24. The largest absolute Gasteiger partial charge is 0.392 e. The van der Waals surface area contributed by atoms with Crippen molar-refractivity contribution in [3.05, 3.63) is 0 Å². The average Bonchev–Trinajstić information content (AvgIpc) is 2.31. The number of nitrogens with one attached hydrogen (secondary N) is 1. The molecule has 0 bridgehead atoms. The van der Waals surface area contributed by atoms with Crippen LogP contribution in [-0.4, -0.2) is 23.8 Å². The first kappa shape index (κ1) is 15.9. The highest BCUT2D eigenvalue weighted by Gasteiger charge is 2.16. The van der Waals surface area contributed by atoms with E-state index < -0.39 is 0 Å². The van der Waals surface area contributed by atoms with Crippen molar-refractivity contribution < 1.29 is 5.11 Å². The summed E-state index contributed by atoms with van der Waals surface area (Å²) in [6.07, 6.45) is 6.92. The average molecular weight is 229 g/mol. The lowest BCUT2D eigenvalue weighted by Crippen LogP contribution is -2.38. The van der Waals surface area contributed by atoms with Gasteiger partial charge in [-0.1, -0.05) is 53.4 Å². The maximum atomic E-state index is 10.0. The second-order valence-electron chi connectivity index (χ2n) is 4.80. The zero-order chi connectivity index (χ0) is 12.4. The lowest BCUT2D eigenvalue weighted by molar-refractivity contribution is 0.0975. The van der Waals surface area contributed by atoms with Gasteiger partial charge in [-0.3, -0.25) is 0 Å². The van der Waals surface area contributed by atoms with Gasteiger partial charge in [0.25, 0.3) is 0 Å². The summed E-state index contributed by atoms with van der Waals surface area (Å²) < 4.78 is 0. The van der Waals surface area contributed by atoms with Crippen molar-refractivity contribution in [2.24, 2.45) is 5.92 Å². The molecule has 16 heavy (non-hydrogen) atoms. The second-order valence-corrected chi connectivity index (χ2v) is 4.80. The molecule has 0 fully saturated rings. The molecule has 0 spiro atoms. The molecule has 0 aromatic heterocycles. The van der Waals surface area contributed by atoms with Gasteiger partial charge >= 0.3 is 0 Å². The van der Waals surface area contributed by atoms with Crippen LogP contribution < -0.4 is 5.32 Å². The van der Waals surface area contributed by atoms with Gasteiger partial charge in [-0.05, 0) is 18.8 Å². The highest BCUT2D eigenvalue weighted by molar-refractivity contribution is 4.72. The standard InChI is InChI=1S/C14H31NO/c1-5-9-10-13(8-4)15-11-14(16)12(6-2)7-3/h12-16H,5-11H2,1-4H3. The molecule has 0 amide bonds. The van der Waals surface area contributed by atoms with E-state index in [9.17, 15) is 5.11 Å². The molecule has 0 aliphatic rings. The molecule has 2 unspecified atom stereocenters. The first-order valence-corrected chi connectivity index (χ1v) is 7.10. The molecule has 0 saturated heterocycles. The molecule has 0 saturated carbocycles. The minimum absolute atomic E-state index is 0.175. The molecule has 0 aromatic rings. The van der Waals surface area contributed by atoms with E-state index in [-0.39, 0.29) is 6.10 Å². The van der Waals surface area contributed by atoms with Gasteiger partial charge in [0.2, 0.25) is 0 Å². The van der Waals surface area contributed by atoms with E-state index in [1.807, 2.05) is 0 Å². The molecule has 0 heterocycles. The SMILES string of the molecule is CCCCC(CC)NCC(O)C(CC)CC. The highest BCUT2D eigenvalue weighted by Crippen LogP contribution is 2.13. The van der Waals surface area contributed by atoms with Gasteiger partial charge in [0.15, 0.2) is 0 Å². The van der Waals surface area contributed by atoms with Crippen LogP contribution in [0.3, 0.4) is 0 Å². The molecule has 0 aromatic carbocycles. The van der Waals surface area contributed by atoms with Gasteiger partial charge in [0.05, 0.1) is 6.10 Å². The van der Waals surface area contributed by atoms with Crippen LogP contribution >= 0.6 is 0 Å². The van der Waals surface area contributed by atoms with E-state index in [4.69, 9.17) is 0 Å². The summed E-state index contributed by atoms with van der Waals surface area (Å²) in [7, 11) is 0. The molecular weight excluding hydrogens is 198 g/mol. The summed E-state index contributed by atoms with van der Waals surface area (Å²) >= 11 is 0. The minimum atomic E-state index is -0.175. The maximum absolute atomic E-state index is 10.0. The number of hydrogen-bond donors (Lipinski definition) is 2. The van der Waals surface area contributed by atoms with Gasteiger partial charge < -0.3 is 10.4 Å². The summed E-state index contributed by atoms with van der Waals surface area (Å²) in [6.45, 7) is 9.52. The van der Waals surface area contributed by atoms with Crippen LogP contribution in [0.4, 0.5) is 0 Å². The van der Waals surface area contributed by atoms with Crippen molar-refractivity contribution >= 4 is 0 Å². The predicted molar refractivity (Wildman–Crippen MR) is 71.7 cm³/mol.